The van der Waals surface area contributed by atoms with Gasteiger partial charge in [0, 0.05) is 29.3 Å². The highest BCUT2D eigenvalue weighted by molar-refractivity contribution is 7.10. The largest absolute Gasteiger partial charge is 0.496 e. The Morgan fingerprint density at radius 3 is 2.68 bits per heavy atom. The van der Waals surface area contributed by atoms with E-state index in [0.29, 0.717) is 17.9 Å². The number of methoxy groups -OCH3 is 2. The van der Waals surface area contributed by atoms with Gasteiger partial charge in [-0.3, -0.25) is 4.99 Å². The topological polar surface area (TPSA) is 71.9 Å². The van der Waals surface area contributed by atoms with Crippen molar-refractivity contribution in [2.24, 2.45) is 4.99 Å². The van der Waals surface area contributed by atoms with E-state index in [1.807, 2.05) is 25.3 Å². The molecule has 2 heterocycles. The fourth-order valence-corrected chi connectivity index (χ4v) is 4.33. The standard InChI is InChI=1S/C21H20N4O2S/c1-12-11-28-21(24-12)19-16(10-26-4)25-13(2)20(23-3)18(19)15-7-6-14(9-22)8-17(15)27-5/h6-8,11,18,20H,10H2,1-2,4-5H3. The minimum Gasteiger partial charge on any atom is -0.496 e. The average molecular weight is 392 g/mol. The van der Waals surface area contributed by atoms with Gasteiger partial charge in [-0.15, -0.1) is 11.3 Å². The van der Waals surface area contributed by atoms with Crippen molar-refractivity contribution < 1.29 is 9.47 Å². The van der Waals surface area contributed by atoms with Gasteiger partial charge in [-0.2, -0.15) is 5.26 Å². The van der Waals surface area contributed by atoms with Gasteiger partial charge in [0.25, 0.3) is 6.04 Å². The summed E-state index contributed by atoms with van der Waals surface area (Å²) in [5.74, 6) is 0.267. The van der Waals surface area contributed by atoms with Crippen LogP contribution in [0.1, 0.15) is 34.7 Å². The Kier molecular flexibility index (Phi) is 5.89. The second-order valence-corrected chi connectivity index (χ2v) is 7.32. The summed E-state index contributed by atoms with van der Waals surface area (Å²) in [4.78, 5) is 13.2. The van der Waals surface area contributed by atoms with Gasteiger partial charge in [0.05, 0.1) is 42.7 Å². The zero-order valence-electron chi connectivity index (χ0n) is 16.2. The number of aryl methyl sites for hydroxylation is 1. The molecule has 2 unspecified atom stereocenters. The van der Waals surface area contributed by atoms with E-state index < -0.39 is 6.04 Å². The maximum Gasteiger partial charge on any atom is 0.272 e. The van der Waals surface area contributed by atoms with Crippen molar-refractivity contribution in [1.82, 2.24) is 4.98 Å². The Balaban J connectivity index is 2.30. The monoisotopic (exact) mass is 392 g/mol. The third-order valence-electron chi connectivity index (χ3n) is 4.64. The molecule has 0 saturated carbocycles. The number of thiazole rings is 1. The lowest BCUT2D eigenvalue weighted by molar-refractivity contribution is 0.225. The van der Waals surface area contributed by atoms with Gasteiger partial charge in [-0.1, -0.05) is 6.07 Å². The Morgan fingerprint density at radius 1 is 1.32 bits per heavy atom. The number of hydrogen-bond donors (Lipinski definition) is 0. The first-order chi connectivity index (χ1) is 13.5. The summed E-state index contributed by atoms with van der Waals surface area (Å²) < 4.78 is 11.0. The number of hydrogen-bond acceptors (Lipinski definition) is 6. The number of nitriles is 1. The smallest absolute Gasteiger partial charge is 0.272 e. The Bertz CT molecular complexity index is 1040. The van der Waals surface area contributed by atoms with Crippen molar-refractivity contribution in [2.75, 3.05) is 20.8 Å². The first-order valence-corrected chi connectivity index (χ1v) is 9.56. The molecule has 0 amide bonds. The number of nitrogens with zero attached hydrogens (tertiary/aromatic N) is 4. The molecule has 2 atom stereocenters. The van der Waals surface area contributed by atoms with Crippen molar-refractivity contribution in [3.8, 4) is 11.8 Å². The molecule has 1 aliphatic heterocycles. The summed E-state index contributed by atoms with van der Waals surface area (Å²) >= 11 is 1.53. The quantitative estimate of drug-likeness (QED) is 0.714. The summed E-state index contributed by atoms with van der Waals surface area (Å²) in [6, 6.07) is 6.97. The molecular formula is C21H20N4O2S. The molecular weight excluding hydrogens is 372 g/mol. The van der Waals surface area contributed by atoms with Crippen LogP contribution in [0.15, 0.2) is 34.3 Å². The summed E-state index contributed by atoms with van der Waals surface area (Å²) in [6.45, 7) is 12.0. The lowest BCUT2D eigenvalue weighted by atomic mass is 9.79. The van der Waals surface area contributed by atoms with Gasteiger partial charge in [-0.05, 0) is 26.0 Å². The van der Waals surface area contributed by atoms with E-state index in [1.54, 1.807) is 26.4 Å². The molecule has 0 bridgehead atoms. The van der Waals surface area contributed by atoms with E-state index in [9.17, 15) is 5.26 Å². The summed E-state index contributed by atoms with van der Waals surface area (Å²) in [6.07, 6.45) is 0. The summed E-state index contributed by atoms with van der Waals surface area (Å²) in [5, 5.41) is 12.0. The molecule has 3 rings (SSSR count). The van der Waals surface area contributed by atoms with Crippen LogP contribution in [-0.4, -0.2) is 37.6 Å². The van der Waals surface area contributed by atoms with Gasteiger partial charge in [0.15, 0.2) is 0 Å². The number of aliphatic imine (C=N–C) groups is 1. The molecule has 1 aromatic carbocycles. The lowest BCUT2D eigenvalue weighted by Gasteiger charge is -2.28. The SMILES string of the molecule is [C-]#[N+]C1C(C)=NC(COC)=C(c2nc(C)cs2)C1c1ccc(C#N)cc1OC. The average Bonchev–Trinajstić information content (AvgIpc) is 3.13. The Morgan fingerprint density at radius 2 is 2.11 bits per heavy atom. The fraction of sp³-hybridized carbons (Fsp3) is 0.333. The predicted octanol–water partition coefficient (Wildman–Crippen LogP) is 4.24. The maximum atomic E-state index is 9.24. The van der Waals surface area contributed by atoms with Crippen molar-refractivity contribution in [1.29, 1.82) is 5.26 Å². The van der Waals surface area contributed by atoms with E-state index in [4.69, 9.17) is 16.0 Å². The third kappa shape index (κ3) is 3.55. The lowest BCUT2D eigenvalue weighted by Crippen LogP contribution is -2.29. The highest BCUT2D eigenvalue weighted by atomic mass is 32.1. The van der Waals surface area contributed by atoms with Gasteiger partial charge in [-0.25, -0.2) is 11.6 Å². The van der Waals surface area contributed by atoms with Crippen molar-refractivity contribution in [3.63, 3.8) is 0 Å². The number of benzene rings is 1. The van der Waals surface area contributed by atoms with E-state index in [0.717, 1.165) is 33.2 Å². The second-order valence-electron chi connectivity index (χ2n) is 6.46. The Hall–Kier alpha value is -3.00. The van der Waals surface area contributed by atoms with Crippen LogP contribution in [0, 0.1) is 24.8 Å². The number of aromatic nitrogens is 1. The van der Waals surface area contributed by atoms with Gasteiger partial charge < -0.3 is 14.3 Å². The molecule has 0 radical (unpaired) electrons. The summed E-state index contributed by atoms with van der Waals surface area (Å²) in [5.41, 5.74) is 4.65. The van der Waals surface area contributed by atoms with E-state index in [-0.39, 0.29) is 5.92 Å². The Labute approximate surface area is 168 Å². The van der Waals surface area contributed by atoms with Gasteiger partial charge in [0.2, 0.25) is 0 Å². The van der Waals surface area contributed by atoms with Crippen LogP contribution in [0.3, 0.4) is 0 Å². The number of ether oxygens (including phenoxy) is 2. The molecule has 28 heavy (non-hydrogen) atoms. The minimum atomic E-state index is -0.485. The molecule has 6 nitrogen and oxygen atoms in total. The fourth-order valence-electron chi connectivity index (χ4n) is 3.43. The molecule has 0 fully saturated rings. The zero-order valence-corrected chi connectivity index (χ0v) is 17.0. The molecule has 0 spiro atoms. The van der Waals surface area contributed by atoms with E-state index in [2.05, 4.69) is 20.9 Å². The molecule has 0 N–H and O–H groups in total. The number of rotatable bonds is 5. The van der Waals surface area contributed by atoms with Crippen molar-refractivity contribution in [3.05, 3.63) is 62.5 Å². The van der Waals surface area contributed by atoms with Crippen molar-refractivity contribution in [2.45, 2.75) is 25.8 Å². The third-order valence-corrected chi connectivity index (χ3v) is 5.64. The van der Waals surface area contributed by atoms with E-state index >= 15 is 0 Å². The van der Waals surface area contributed by atoms with Gasteiger partial charge in [0.1, 0.15) is 10.8 Å². The minimum absolute atomic E-state index is 0.312. The molecule has 1 aromatic heterocycles. The highest BCUT2D eigenvalue weighted by Crippen LogP contribution is 2.46. The molecule has 142 valence electrons. The second kappa shape index (κ2) is 8.35. The first-order valence-electron chi connectivity index (χ1n) is 8.68. The zero-order chi connectivity index (χ0) is 20.3. The van der Waals surface area contributed by atoms with Gasteiger partial charge >= 0.3 is 0 Å². The maximum absolute atomic E-state index is 9.24. The van der Waals surface area contributed by atoms with Crippen LogP contribution < -0.4 is 4.74 Å². The van der Waals surface area contributed by atoms with E-state index in [1.165, 1.54) is 11.3 Å². The van der Waals surface area contributed by atoms with Crippen LogP contribution in [0.4, 0.5) is 0 Å². The van der Waals surface area contributed by atoms with Crippen LogP contribution in [-0.2, 0) is 4.74 Å². The van der Waals surface area contributed by atoms with Crippen LogP contribution >= 0.6 is 11.3 Å². The summed E-state index contributed by atoms with van der Waals surface area (Å²) in [7, 11) is 3.20. The van der Waals surface area contributed by atoms with Crippen LogP contribution in [0.25, 0.3) is 10.4 Å². The predicted molar refractivity (Wildman–Crippen MR) is 110 cm³/mol. The molecule has 0 saturated heterocycles. The molecule has 1 aliphatic rings. The highest BCUT2D eigenvalue weighted by Gasteiger charge is 2.42. The van der Waals surface area contributed by atoms with Crippen molar-refractivity contribution >= 4 is 22.6 Å². The molecule has 2 aromatic rings. The molecule has 0 aliphatic carbocycles. The van der Waals surface area contributed by atoms with Crippen LogP contribution in [0.5, 0.6) is 5.75 Å². The van der Waals surface area contributed by atoms with Crippen LogP contribution in [0.2, 0.25) is 0 Å². The molecule has 7 heteroatoms. The normalized spacial score (nSPS) is 19.0. The first kappa shape index (κ1) is 19.8.